The molecule has 1 aromatic heterocycles. The molecule has 0 unspecified atom stereocenters. The van der Waals surface area contributed by atoms with Gasteiger partial charge in [0.25, 0.3) is 0 Å². The summed E-state index contributed by atoms with van der Waals surface area (Å²) >= 11 is 0. The van der Waals surface area contributed by atoms with Crippen molar-refractivity contribution in [2.45, 2.75) is 51.2 Å². The van der Waals surface area contributed by atoms with Gasteiger partial charge in [-0.3, -0.25) is 9.48 Å². The van der Waals surface area contributed by atoms with Crippen LogP contribution >= 0.6 is 0 Å². The lowest BCUT2D eigenvalue weighted by atomic mass is 9.75. The molecule has 0 N–H and O–H groups in total. The van der Waals surface area contributed by atoms with E-state index in [1.54, 1.807) is 7.11 Å². The Morgan fingerprint density at radius 2 is 2.29 bits per heavy atom. The van der Waals surface area contributed by atoms with Crippen LogP contribution in [0.15, 0.2) is 12.3 Å². The van der Waals surface area contributed by atoms with Crippen molar-refractivity contribution < 1.29 is 9.53 Å². The molecule has 4 nitrogen and oxygen atoms in total. The highest BCUT2D eigenvalue weighted by Crippen LogP contribution is 2.36. The van der Waals surface area contributed by atoms with Gasteiger partial charge in [0.15, 0.2) is 5.78 Å². The van der Waals surface area contributed by atoms with Crippen molar-refractivity contribution in [3.63, 3.8) is 0 Å². The first-order valence-corrected chi connectivity index (χ1v) is 6.20. The summed E-state index contributed by atoms with van der Waals surface area (Å²) in [5.41, 5.74) is 0.328. The zero-order valence-electron chi connectivity index (χ0n) is 10.8. The van der Waals surface area contributed by atoms with Crippen LogP contribution in [0.25, 0.3) is 0 Å². The van der Waals surface area contributed by atoms with Crippen LogP contribution in [0.3, 0.4) is 0 Å². The molecule has 0 aromatic carbocycles. The van der Waals surface area contributed by atoms with Crippen LogP contribution < -0.4 is 0 Å². The first kappa shape index (κ1) is 12.3. The molecule has 94 valence electrons. The van der Waals surface area contributed by atoms with Crippen molar-refractivity contribution in [2.75, 3.05) is 7.11 Å². The van der Waals surface area contributed by atoms with Gasteiger partial charge in [-0.15, -0.1) is 0 Å². The minimum atomic E-state index is -0.512. The molecular weight excluding hydrogens is 216 g/mol. The van der Waals surface area contributed by atoms with Crippen LogP contribution in [0.2, 0.25) is 0 Å². The average Bonchev–Trinajstić information content (AvgIpc) is 2.65. The molecule has 1 fully saturated rings. The van der Waals surface area contributed by atoms with Crippen molar-refractivity contribution in [2.24, 2.45) is 0 Å². The van der Waals surface area contributed by atoms with Crippen molar-refractivity contribution >= 4 is 5.78 Å². The van der Waals surface area contributed by atoms with Gasteiger partial charge in [0, 0.05) is 19.3 Å². The van der Waals surface area contributed by atoms with Gasteiger partial charge in [0.1, 0.15) is 5.60 Å². The number of ether oxygens (including phenoxy) is 1. The summed E-state index contributed by atoms with van der Waals surface area (Å²) in [6, 6.07) is 2.25. The number of Topliss-reactive ketones (excluding diaryl/α,β-unsaturated/α-hetero) is 1. The Balaban J connectivity index is 2.02. The van der Waals surface area contributed by atoms with Crippen molar-refractivity contribution in [3.05, 3.63) is 18.0 Å². The van der Waals surface area contributed by atoms with E-state index in [1.165, 1.54) is 0 Å². The second-order valence-electron chi connectivity index (χ2n) is 5.03. The van der Waals surface area contributed by atoms with E-state index >= 15 is 0 Å². The lowest BCUT2D eigenvalue weighted by molar-refractivity contribution is -0.151. The maximum atomic E-state index is 12.2. The Labute approximate surface area is 102 Å². The lowest BCUT2D eigenvalue weighted by Crippen LogP contribution is -2.47. The monoisotopic (exact) mass is 236 g/mol. The minimum absolute atomic E-state index is 0.167. The first-order valence-electron chi connectivity index (χ1n) is 6.20. The maximum absolute atomic E-state index is 12.2. The van der Waals surface area contributed by atoms with Gasteiger partial charge < -0.3 is 4.74 Å². The summed E-state index contributed by atoms with van der Waals surface area (Å²) in [5, 5.41) is 4.40. The summed E-state index contributed by atoms with van der Waals surface area (Å²) in [6.45, 7) is 4.14. The zero-order chi connectivity index (χ0) is 12.5. The molecule has 1 aliphatic rings. The smallest absolute Gasteiger partial charge is 0.170 e. The molecule has 1 heterocycles. The second kappa shape index (κ2) is 4.61. The van der Waals surface area contributed by atoms with Crippen LogP contribution in [0, 0.1) is 0 Å². The maximum Gasteiger partial charge on any atom is 0.170 e. The fourth-order valence-corrected chi connectivity index (χ4v) is 2.18. The van der Waals surface area contributed by atoms with E-state index in [0.29, 0.717) is 12.5 Å². The quantitative estimate of drug-likeness (QED) is 0.786. The van der Waals surface area contributed by atoms with Gasteiger partial charge in [-0.25, -0.2) is 0 Å². The SMILES string of the molecule is COC1(C(=O)Cc2ccn(C(C)C)n2)CCC1. The van der Waals surface area contributed by atoms with Gasteiger partial charge >= 0.3 is 0 Å². The molecule has 4 heteroatoms. The number of rotatable bonds is 5. The normalized spacial score (nSPS) is 18.1. The van der Waals surface area contributed by atoms with E-state index in [-0.39, 0.29) is 5.78 Å². The summed E-state index contributed by atoms with van der Waals surface area (Å²) in [5.74, 6) is 0.167. The summed E-state index contributed by atoms with van der Waals surface area (Å²) in [7, 11) is 1.63. The number of ketones is 1. The molecule has 2 rings (SSSR count). The molecule has 0 aliphatic heterocycles. The highest BCUT2D eigenvalue weighted by Gasteiger charge is 2.43. The molecule has 0 atom stereocenters. The van der Waals surface area contributed by atoms with Crippen LogP contribution in [0.5, 0.6) is 0 Å². The summed E-state index contributed by atoms with van der Waals surface area (Å²) in [4.78, 5) is 12.2. The van der Waals surface area contributed by atoms with Gasteiger partial charge in [-0.05, 0) is 39.2 Å². The summed E-state index contributed by atoms with van der Waals surface area (Å²) < 4.78 is 7.26. The Morgan fingerprint density at radius 3 is 2.71 bits per heavy atom. The van der Waals surface area contributed by atoms with E-state index in [9.17, 15) is 4.79 Å². The van der Waals surface area contributed by atoms with Gasteiger partial charge in [0.2, 0.25) is 0 Å². The fraction of sp³-hybridized carbons (Fsp3) is 0.692. The topological polar surface area (TPSA) is 44.1 Å². The summed E-state index contributed by atoms with van der Waals surface area (Å²) in [6.07, 6.45) is 5.10. The third-order valence-corrected chi connectivity index (χ3v) is 3.59. The van der Waals surface area contributed by atoms with Gasteiger partial charge in [-0.2, -0.15) is 5.10 Å². The van der Waals surface area contributed by atoms with E-state index in [1.807, 2.05) is 16.9 Å². The van der Waals surface area contributed by atoms with Crippen LogP contribution in [-0.2, 0) is 16.0 Å². The predicted molar refractivity (Wildman–Crippen MR) is 64.9 cm³/mol. The van der Waals surface area contributed by atoms with Crippen molar-refractivity contribution in [1.82, 2.24) is 9.78 Å². The molecule has 0 bridgehead atoms. The highest BCUT2D eigenvalue weighted by atomic mass is 16.5. The number of methoxy groups -OCH3 is 1. The molecule has 0 amide bonds. The van der Waals surface area contributed by atoms with Gasteiger partial charge in [-0.1, -0.05) is 0 Å². The minimum Gasteiger partial charge on any atom is -0.370 e. The fourth-order valence-electron chi connectivity index (χ4n) is 2.18. The number of nitrogens with zero attached hydrogens (tertiary/aromatic N) is 2. The number of hydrogen-bond acceptors (Lipinski definition) is 3. The molecule has 0 spiro atoms. The Kier molecular flexibility index (Phi) is 3.33. The number of carbonyl (C=O) groups is 1. The first-order chi connectivity index (χ1) is 8.07. The van der Waals surface area contributed by atoms with Crippen LogP contribution in [-0.4, -0.2) is 28.3 Å². The average molecular weight is 236 g/mol. The zero-order valence-corrected chi connectivity index (χ0v) is 10.8. The lowest BCUT2D eigenvalue weighted by Gasteiger charge is -2.38. The van der Waals surface area contributed by atoms with Crippen molar-refractivity contribution in [1.29, 1.82) is 0 Å². The standard InChI is InChI=1S/C13H20N2O2/c1-10(2)15-8-5-11(14-15)9-12(16)13(17-3)6-4-7-13/h5,8,10H,4,6-7,9H2,1-3H3. The van der Waals surface area contributed by atoms with Crippen LogP contribution in [0.1, 0.15) is 44.8 Å². The number of carbonyl (C=O) groups excluding carboxylic acids is 1. The van der Waals surface area contributed by atoms with E-state index in [0.717, 1.165) is 25.0 Å². The van der Waals surface area contributed by atoms with E-state index in [4.69, 9.17) is 4.74 Å². The van der Waals surface area contributed by atoms with Crippen molar-refractivity contribution in [3.8, 4) is 0 Å². The Hall–Kier alpha value is -1.16. The third kappa shape index (κ3) is 2.27. The van der Waals surface area contributed by atoms with E-state index < -0.39 is 5.60 Å². The molecule has 0 radical (unpaired) electrons. The second-order valence-corrected chi connectivity index (χ2v) is 5.03. The molecule has 1 saturated carbocycles. The Morgan fingerprint density at radius 1 is 1.59 bits per heavy atom. The molecule has 17 heavy (non-hydrogen) atoms. The molecule has 0 saturated heterocycles. The Bertz CT molecular complexity index is 400. The highest BCUT2D eigenvalue weighted by molar-refractivity contribution is 5.89. The number of hydrogen-bond donors (Lipinski definition) is 0. The third-order valence-electron chi connectivity index (χ3n) is 3.59. The van der Waals surface area contributed by atoms with Gasteiger partial charge in [0.05, 0.1) is 12.1 Å². The van der Waals surface area contributed by atoms with E-state index in [2.05, 4.69) is 18.9 Å². The largest absolute Gasteiger partial charge is 0.370 e. The van der Waals surface area contributed by atoms with Crippen LogP contribution in [0.4, 0.5) is 0 Å². The molecule has 1 aromatic rings. The molecular formula is C13H20N2O2. The predicted octanol–water partition coefficient (Wildman–Crippen LogP) is 2.14. The molecule has 1 aliphatic carbocycles. The number of aromatic nitrogens is 2.